The molecule has 0 unspecified atom stereocenters. The van der Waals surface area contributed by atoms with Gasteiger partial charge in [0.15, 0.2) is 0 Å². The maximum absolute atomic E-state index is 9.04. The molecule has 1 N–H and O–H groups in total. The minimum absolute atomic E-state index is 0.0652. The van der Waals surface area contributed by atoms with E-state index in [2.05, 4.69) is 11.1 Å². The van der Waals surface area contributed by atoms with Crippen molar-refractivity contribution in [3.8, 4) is 0 Å². The maximum Gasteiger partial charge on any atom is 0.347 e. The molecule has 18 heavy (non-hydrogen) atoms. The molecule has 3 rings (SSSR count). The van der Waals surface area contributed by atoms with Crippen LogP contribution in [-0.4, -0.2) is 17.5 Å². The molecular weight excluding hydrogens is 225 g/mol. The third-order valence-electron chi connectivity index (χ3n) is 2.90. The quantitative estimate of drug-likeness (QED) is 0.700. The van der Waals surface area contributed by atoms with Gasteiger partial charge < -0.3 is 9.44 Å². The van der Waals surface area contributed by atoms with Crippen LogP contribution in [0.1, 0.15) is 11.3 Å². The van der Waals surface area contributed by atoms with Crippen LogP contribution in [0.5, 0.6) is 0 Å². The molecule has 4 heteroatoms. The van der Waals surface area contributed by atoms with E-state index in [1.165, 1.54) is 5.56 Å². The van der Waals surface area contributed by atoms with E-state index in [-0.39, 0.29) is 7.48 Å². The molecule has 0 atom stereocenters. The van der Waals surface area contributed by atoms with Crippen LogP contribution in [0.15, 0.2) is 53.1 Å². The zero-order valence-electron chi connectivity index (χ0n) is 9.84. The average Bonchev–Trinajstić information content (AvgIpc) is 2.82. The fraction of sp³-hybridized carbons (Fsp3) is 0.0714. The molecule has 88 valence electrons. The van der Waals surface area contributed by atoms with Crippen LogP contribution in [-0.2, 0) is 6.42 Å². The number of hydrogen-bond donors (Lipinski definition) is 1. The highest BCUT2D eigenvalue weighted by molar-refractivity contribution is 6.44. The molecule has 0 bridgehead atoms. The summed E-state index contributed by atoms with van der Waals surface area (Å²) in [5.74, 6) is 0. The van der Waals surface area contributed by atoms with Crippen molar-refractivity contribution in [3.05, 3.63) is 59.9 Å². The van der Waals surface area contributed by atoms with Crippen molar-refractivity contribution in [2.24, 2.45) is 0 Å². The Morgan fingerprint density at radius 2 is 2.11 bits per heavy atom. The van der Waals surface area contributed by atoms with E-state index in [0.717, 1.165) is 23.1 Å². The first-order valence-electron chi connectivity index (χ1n) is 5.87. The number of fused-ring (bicyclic) bond motifs is 1. The SMILES string of the molecule is OBc1cc2cc(Cc3ccccn3)ccc2o1. The zero-order chi connectivity index (χ0) is 12.4. The molecule has 0 aliphatic rings. The summed E-state index contributed by atoms with van der Waals surface area (Å²) in [6.45, 7) is 0. The molecule has 0 fully saturated rings. The predicted octanol–water partition coefficient (Wildman–Crippen LogP) is 1.39. The van der Waals surface area contributed by atoms with Crippen LogP contribution >= 0.6 is 0 Å². The summed E-state index contributed by atoms with van der Waals surface area (Å²) in [5.41, 5.74) is 3.64. The van der Waals surface area contributed by atoms with Crippen LogP contribution in [0.2, 0.25) is 0 Å². The standard InChI is InChI=1S/C14H12BNO2/c17-15-14-9-11-7-10(4-5-13(11)18-14)8-12-3-1-2-6-16-12/h1-7,9,15,17H,8H2. The molecule has 3 nitrogen and oxygen atoms in total. The Hall–Kier alpha value is -2.07. The molecule has 2 aromatic heterocycles. The Bertz CT molecular complexity index is 664. The average molecular weight is 237 g/mol. The van der Waals surface area contributed by atoms with Crippen molar-refractivity contribution in [3.63, 3.8) is 0 Å². The van der Waals surface area contributed by atoms with Crippen LogP contribution in [0.4, 0.5) is 0 Å². The third-order valence-corrected chi connectivity index (χ3v) is 2.90. The molecule has 0 spiro atoms. The Morgan fingerprint density at radius 3 is 2.89 bits per heavy atom. The van der Waals surface area contributed by atoms with Crippen LogP contribution in [0, 0.1) is 0 Å². The summed E-state index contributed by atoms with van der Waals surface area (Å²) in [5, 5.41) is 10.1. The second-order valence-corrected chi connectivity index (χ2v) is 4.24. The molecule has 0 aliphatic heterocycles. The highest BCUT2D eigenvalue weighted by atomic mass is 16.3. The highest BCUT2D eigenvalue weighted by Gasteiger charge is 2.05. The van der Waals surface area contributed by atoms with Gasteiger partial charge in [0.25, 0.3) is 0 Å². The zero-order valence-corrected chi connectivity index (χ0v) is 9.84. The van der Waals surface area contributed by atoms with Gasteiger partial charge in [-0.3, -0.25) is 4.98 Å². The van der Waals surface area contributed by atoms with E-state index in [0.29, 0.717) is 5.66 Å². The summed E-state index contributed by atoms with van der Waals surface area (Å²) >= 11 is 0. The normalized spacial score (nSPS) is 10.7. The van der Waals surface area contributed by atoms with Crippen LogP contribution in [0.3, 0.4) is 0 Å². The topological polar surface area (TPSA) is 46.3 Å². The Labute approximate surface area is 105 Å². The fourth-order valence-corrected chi connectivity index (χ4v) is 2.05. The number of pyridine rings is 1. The summed E-state index contributed by atoms with van der Waals surface area (Å²) in [7, 11) is -0.0652. The van der Waals surface area contributed by atoms with Gasteiger partial charge in [-0.15, -0.1) is 0 Å². The summed E-state index contributed by atoms with van der Waals surface area (Å²) in [4.78, 5) is 4.31. The van der Waals surface area contributed by atoms with Crippen molar-refractivity contribution in [1.29, 1.82) is 0 Å². The Kier molecular flexibility index (Phi) is 2.86. The van der Waals surface area contributed by atoms with Gasteiger partial charge in [0.2, 0.25) is 0 Å². The van der Waals surface area contributed by atoms with Gasteiger partial charge in [0.05, 0.1) is 5.66 Å². The molecule has 0 saturated carbocycles. The summed E-state index contributed by atoms with van der Waals surface area (Å²) < 4.78 is 5.46. The van der Waals surface area contributed by atoms with E-state index in [4.69, 9.17) is 9.44 Å². The molecule has 2 heterocycles. The van der Waals surface area contributed by atoms with Gasteiger partial charge in [-0.25, -0.2) is 0 Å². The van der Waals surface area contributed by atoms with Crippen molar-refractivity contribution >= 4 is 24.1 Å². The number of benzene rings is 1. The monoisotopic (exact) mass is 237 g/mol. The lowest BCUT2D eigenvalue weighted by Gasteiger charge is -2.00. The van der Waals surface area contributed by atoms with Gasteiger partial charge in [0.1, 0.15) is 5.58 Å². The number of rotatable bonds is 3. The van der Waals surface area contributed by atoms with Crippen molar-refractivity contribution in [2.75, 3.05) is 0 Å². The number of furan rings is 1. The maximum atomic E-state index is 9.04. The van der Waals surface area contributed by atoms with Crippen LogP contribution < -0.4 is 5.66 Å². The summed E-state index contributed by atoms with van der Waals surface area (Å²) in [6, 6.07) is 13.8. The first-order valence-corrected chi connectivity index (χ1v) is 5.87. The van der Waals surface area contributed by atoms with E-state index in [1.807, 2.05) is 36.4 Å². The molecule has 0 saturated heterocycles. The van der Waals surface area contributed by atoms with E-state index < -0.39 is 0 Å². The summed E-state index contributed by atoms with van der Waals surface area (Å²) in [6.07, 6.45) is 2.60. The minimum atomic E-state index is -0.0652. The molecule has 0 aliphatic carbocycles. The fourth-order valence-electron chi connectivity index (χ4n) is 2.05. The van der Waals surface area contributed by atoms with E-state index in [9.17, 15) is 0 Å². The lowest BCUT2D eigenvalue weighted by atomic mass is 9.97. The van der Waals surface area contributed by atoms with Crippen molar-refractivity contribution in [2.45, 2.75) is 6.42 Å². The van der Waals surface area contributed by atoms with Crippen molar-refractivity contribution in [1.82, 2.24) is 4.98 Å². The van der Waals surface area contributed by atoms with Crippen LogP contribution in [0.25, 0.3) is 11.0 Å². The molecule has 0 radical (unpaired) electrons. The van der Waals surface area contributed by atoms with Gasteiger partial charge in [-0.1, -0.05) is 12.1 Å². The van der Waals surface area contributed by atoms with Gasteiger partial charge >= 0.3 is 7.48 Å². The van der Waals surface area contributed by atoms with E-state index in [1.54, 1.807) is 6.20 Å². The van der Waals surface area contributed by atoms with Gasteiger partial charge in [-0.2, -0.15) is 0 Å². The number of nitrogens with zero attached hydrogens (tertiary/aromatic N) is 1. The molecule has 3 aromatic rings. The smallest absolute Gasteiger partial charge is 0.347 e. The second kappa shape index (κ2) is 4.66. The molecular formula is C14H12BNO2. The molecule has 0 amide bonds. The van der Waals surface area contributed by atoms with Gasteiger partial charge in [0, 0.05) is 23.7 Å². The van der Waals surface area contributed by atoms with Gasteiger partial charge in [-0.05, 0) is 35.9 Å². The predicted molar refractivity (Wildman–Crippen MR) is 72.3 cm³/mol. The first-order chi connectivity index (χ1) is 8.85. The number of aromatic nitrogens is 1. The largest absolute Gasteiger partial charge is 0.468 e. The third kappa shape index (κ3) is 2.15. The molecule has 1 aromatic carbocycles. The lowest BCUT2D eigenvalue weighted by molar-refractivity contribution is 0.584. The number of hydrogen-bond acceptors (Lipinski definition) is 3. The highest BCUT2D eigenvalue weighted by Crippen LogP contribution is 2.17. The Balaban J connectivity index is 1.93. The first kappa shape index (κ1) is 11.0. The lowest BCUT2D eigenvalue weighted by Crippen LogP contribution is -2.08. The van der Waals surface area contributed by atoms with Crippen molar-refractivity contribution < 1.29 is 9.44 Å². The second-order valence-electron chi connectivity index (χ2n) is 4.24. The minimum Gasteiger partial charge on any atom is -0.468 e. The van der Waals surface area contributed by atoms with E-state index >= 15 is 0 Å². The Morgan fingerprint density at radius 1 is 1.17 bits per heavy atom.